The highest BCUT2D eigenvalue weighted by molar-refractivity contribution is 5.99. The largest absolute Gasteiger partial charge is 0.398 e. The molecule has 20 heavy (non-hydrogen) atoms. The molecule has 100 valence electrons. The van der Waals surface area contributed by atoms with Crippen LogP contribution in [0.3, 0.4) is 0 Å². The summed E-state index contributed by atoms with van der Waals surface area (Å²) in [7, 11) is 0. The van der Waals surface area contributed by atoms with Crippen molar-refractivity contribution in [2.24, 2.45) is 0 Å². The Hall–Kier alpha value is -2.62. The Balaban J connectivity index is 1.95. The number of pyridine rings is 2. The Morgan fingerprint density at radius 2 is 1.95 bits per heavy atom. The summed E-state index contributed by atoms with van der Waals surface area (Å²) in [6.45, 7) is 2.67. The Morgan fingerprint density at radius 3 is 2.75 bits per heavy atom. The summed E-state index contributed by atoms with van der Waals surface area (Å²) in [5.41, 5.74) is 8.95. The molecule has 0 amide bonds. The van der Waals surface area contributed by atoms with Gasteiger partial charge in [0.25, 0.3) is 0 Å². The smallest absolute Gasteiger partial charge is 0.134 e. The summed E-state index contributed by atoms with van der Waals surface area (Å²) >= 11 is 0. The van der Waals surface area contributed by atoms with E-state index < -0.39 is 0 Å². The minimum absolute atomic E-state index is 0.640. The highest BCUT2D eigenvalue weighted by Crippen LogP contribution is 2.27. The summed E-state index contributed by atoms with van der Waals surface area (Å²) in [5.74, 6) is 0.837. The van der Waals surface area contributed by atoms with Gasteiger partial charge in [-0.15, -0.1) is 0 Å². The molecule has 1 aromatic carbocycles. The number of hydrogen-bond donors (Lipinski definition) is 2. The maximum Gasteiger partial charge on any atom is 0.134 e. The summed E-state index contributed by atoms with van der Waals surface area (Å²) in [6.07, 6.45) is 3.56. The number of anilines is 2. The second-order valence-corrected chi connectivity index (χ2v) is 4.78. The molecule has 0 bridgehead atoms. The van der Waals surface area contributed by atoms with Crippen molar-refractivity contribution >= 4 is 22.3 Å². The first-order valence-electron chi connectivity index (χ1n) is 6.52. The van der Waals surface area contributed by atoms with Crippen LogP contribution in [0.15, 0.2) is 48.8 Å². The lowest BCUT2D eigenvalue weighted by atomic mass is 10.1. The molecule has 3 aromatic rings. The lowest BCUT2D eigenvalue weighted by molar-refractivity contribution is 1.03. The van der Waals surface area contributed by atoms with E-state index in [9.17, 15) is 0 Å². The van der Waals surface area contributed by atoms with Crippen LogP contribution in [-0.2, 0) is 6.54 Å². The second kappa shape index (κ2) is 5.17. The molecule has 2 heterocycles. The first-order chi connectivity index (χ1) is 9.74. The van der Waals surface area contributed by atoms with Crippen molar-refractivity contribution in [3.63, 3.8) is 0 Å². The van der Waals surface area contributed by atoms with E-state index >= 15 is 0 Å². The van der Waals surface area contributed by atoms with Gasteiger partial charge in [0, 0.05) is 28.9 Å². The van der Waals surface area contributed by atoms with Crippen LogP contribution in [0.25, 0.3) is 10.8 Å². The van der Waals surface area contributed by atoms with Crippen molar-refractivity contribution in [3.8, 4) is 0 Å². The second-order valence-electron chi connectivity index (χ2n) is 4.78. The van der Waals surface area contributed by atoms with Crippen LogP contribution in [0.1, 0.15) is 11.3 Å². The number of nitrogens with zero attached hydrogens (tertiary/aromatic N) is 2. The van der Waals surface area contributed by atoms with Gasteiger partial charge in [0.05, 0.1) is 12.2 Å². The van der Waals surface area contributed by atoms with Gasteiger partial charge in [-0.3, -0.25) is 4.98 Å². The van der Waals surface area contributed by atoms with E-state index in [-0.39, 0.29) is 0 Å². The molecule has 0 radical (unpaired) electrons. The molecule has 2 aromatic heterocycles. The van der Waals surface area contributed by atoms with E-state index in [2.05, 4.69) is 21.4 Å². The standard InChI is InChI=1S/C16H16N4/c1-11-8-14-13(15(17)9-11)5-7-19-16(14)20-10-12-4-2-3-6-18-12/h2-9H,10,17H2,1H3,(H,19,20). The maximum absolute atomic E-state index is 6.07. The Bertz CT molecular complexity index is 738. The molecule has 0 aliphatic heterocycles. The molecule has 0 aliphatic carbocycles. The molecule has 0 aliphatic rings. The minimum atomic E-state index is 0.640. The molecule has 0 atom stereocenters. The van der Waals surface area contributed by atoms with Gasteiger partial charge >= 0.3 is 0 Å². The molecule has 3 rings (SSSR count). The van der Waals surface area contributed by atoms with Gasteiger partial charge in [-0.25, -0.2) is 4.98 Å². The van der Waals surface area contributed by atoms with E-state index in [1.54, 1.807) is 12.4 Å². The third-order valence-electron chi connectivity index (χ3n) is 3.22. The number of hydrogen-bond acceptors (Lipinski definition) is 4. The minimum Gasteiger partial charge on any atom is -0.398 e. The molecule has 0 fully saturated rings. The van der Waals surface area contributed by atoms with Crippen LogP contribution in [0.5, 0.6) is 0 Å². The maximum atomic E-state index is 6.07. The van der Waals surface area contributed by atoms with E-state index in [0.717, 1.165) is 33.5 Å². The van der Waals surface area contributed by atoms with E-state index in [1.165, 1.54) is 0 Å². The molecule has 4 heteroatoms. The monoisotopic (exact) mass is 264 g/mol. The fourth-order valence-electron chi connectivity index (χ4n) is 2.28. The zero-order valence-corrected chi connectivity index (χ0v) is 11.3. The quantitative estimate of drug-likeness (QED) is 0.713. The predicted molar refractivity (Wildman–Crippen MR) is 82.5 cm³/mol. The predicted octanol–water partition coefficient (Wildman–Crippen LogP) is 3.13. The van der Waals surface area contributed by atoms with Crippen molar-refractivity contribution in [2.75, 3.05) is 11.1 Å². The fraction of sp³-hybridized carbons (Fsp3) is 0.125. The third kappa shape index (κ3) is 2.40. The first kappa shape index (κ1) is 12.4. The van der Waals surface area contributed by atoms with Crippen molar-refractivity contribution in [3.05, 3.63) is 60.0 Å². The van der Waals surface area contributed by atoms with Gasteiger partial charge in [-0.05, 0) is 42.8 Å². The summed E-state index contributed by atoms with van der Waals surface area (Å²) in [6, 6.07) is 11.9. The molecule has 3 N–H and O–H groups in total. The van der Waals surface area contributed by atoms with Crippen molar-refractivity contribution in [1.29, 1.82) is 0 Å². The number of rotatable bonds is 3. The normalized spacial score (nSPS) is 10.7. The number of benzene rings is 1. The van der Waals surface area contributed by atoms with Gasteiger partial charge in [-0.2, -0.15) is 0 Å². The number of aromatic nitrogens is 2. The van der Waals surface area contributed by atoms with Gasteiger partial charge in [0.1, 0.15) is 5.82 Å². The average Bonchev–Trinajstić information content (AvgIpc) is 2.46. The molecular formula is C16H16N4. The molecule has 0 saturated carbocycles. The zero-order valence-electron chi connectivity index (χ0n) is 11.3. The zero-order chi connectivity index (χ0) is 13.9. The van der Waals surface area contributed by atoms with E-state index in [0.29, 0.717) is 6.54 Å². The van der Waals surface area contributed by atoms with Gasteiger partial charge in [0.15, 0.2) is 0 Å². The molecule has 0 saturated heterocycles. The van der Waals surface area contributed by atoms with Crippen molar-refractivity contribution in [2.45, 2.75) is 13.5 Å². The van der Waals surface area contributed by atoms with Crippen LogP contribution in [0, 0.1) is 6.92 Å². The van der Waals surface area contributed by atoms with E-state index in [4.69, 9.17) is 5.73 Å². The molecule has 0 spiro atoms. The van der Waals surface area contributed by atoms with Gasteiger partial charge in [-0.1, -0.05) is 6.07 Å². The Morgan fingerprint density at radius 1 is 1.05 bits per heavy atom. The molecule has 0 unspecified atom stereocenters. The Kier molecular flexibility index (Phi) is 3.21. The van der Waals surface area contributed by atoms with Crippen LogP contribution in [0.2, 0.25) is 0 Å². The van der Waals surface area contributed by atoms with Crippen LogP contribution in [0.4, 0.5) is 11.5 Å². The SMILES string of the molecule is Cc1cc(N)c2ccnc(NCc3ccccn3)c2c1. The summed E-state index contributed by atoms with van der Waals surface area (Å²) < 4.78 is 0. The number of nitrogen functional groups attached to an aromatic ring is 1. The lowest BCUT2D eigenvalue weighted by Gasteiger charge is -2.10. The van der Waals surface area contributed by atoms with Crippen LogP contribution in [-0.4, -0.2) is 9.97 Å². The fourth-order valence-corrected chi connectivity index (χ4v) is 2.28. The van der Waals surface area contributed by atoms with Crippen LogP contribution < -0.4 is 11.1 Å². The number of nitrogens with two attached hydrogens (primary N) is 1. The Labute approximate surface area is 117 Å². The van der Waals surface area contributed by atoms with Crippen molar-refractivity contribution < 1.29 is 0 Å². The third-order valence-corrected chi connectivity index (χ3v) is 3.22. The van der Waals surface area contributed by atoms with E-state index in [1.807, 2.05) is 37.3 Å². The van der Waals surface area contributed by atoms with Gasteiger partial charge < -0.3 is 11.1 Å². The number of fused-ring (bicyclic) bond motifs is 1. The molecular weight excluding hydrogens is 248 g/mol. The topological polar surface area (TPSA) is 63.8 Å². The lowest BCUT2D eigenvalue weighted by Crippen LogP contribution is -2.03. The highest BCUT2D eigenvalue weighted by Gasteiger charge is 2.06. The molecule has 4 nitrogen and oxygen atoms in total. The summed E-state index contributed by atoms with van der Waals surface area (Å²) in [5, 5.41) is 5.39. The van der Waals surface area contributed by atoms with Gasteiger partial charge in [0.2, 0.25) is 0 Å². The first-order valence-corrected chi connectivity index (χ1v) is 6.52. The number of nitrogens with one attached hydrogen (secondary N) is 1. The van der Waals surface area contributed by atoms with Crippen molar-refractivity contribution in [1.82, 2.24) is 9.97 Å². The highest BCUT2D eigenvalue weighted by atomic mass is 15.0. The number of aryl methyl sites for hydroxylation is 1. The van der Waals surface area contributed by atoms with Crippen LogP contribution >= 0.6 is 0 Å². The average molecular weight is 264 g/mol. The summed E-state index contributed by atoms with van der Waals surface area (Å²) in [4.78, 5) is 8.70.